The Morgan fingerprint density at radius 1 is 0.833 bits per heavy atom. The summed E-state index contributed by atoms with van der Waals surface area (Å²) in [5, 5.41) is 19.0. The van der Waals surface area contributed by atoms with E-state index in [9.17, 15) is 10.2 Å². The molecule has 1 aromatic rings. The Morgan fingerprint density at radius 3 is 1.46 bits per heavy atom. The average Bonchev–Trinajstić information content (AvgIpc) is 3.28. The van der Waals surface area contributed by atoms with Crippen molar-refractivity contribution in [3.05, 3.63) is 35.4 Å². The van der Waals surface area contributed by atoms with Crippen LogP contribution in [0.15, 0.2) is 34.3 Å². The molecule has 24 heavy (non-hydrogen) atoms. The molecular formula is C18H24N2O4. The monoisotopic (exact) mass is 332 g/mol. The SMILES string of the molecule is CCC1(CO)COC(c2ccc(C3=NC(CC)(CO)CO3)cc2)=N1. The van der Waals surface area contributed by atoms with Crippen LogP contribution in [0.5, 0.6) is 0 Å². The normalized spacial score (nSPS) is 29.0. The minimum atomic E-state index is -0.519. The van der Waals surface area contributed by atoms with Crippen molar-refractivity contribution in [3.8, 4) is 0 Å². The lowest BCUT2D eigenvalue weighted by Gasteiger charge is -2.17. The number of benzene rings is 1. The van der Waals surface area contributed by atoms with Gasteiger partial charge in [-0.15, -0.1) is 0 Å². The van der Waals surface area contributed by atoms with E-state index in [-0.39, 0.29) is 13.2 Å². The third-order valence-electron chi connectivity index (χ3n) is 4.92. The van der Waals surface area contributed by atoms with Crippen LogP contribution in [-0.4, -0.2) is 59.5 Å². The molecule has 6 heteroatoms. The second kappa shape index (κ2) is 6.53. The fourth-order valence-corrected chi connectivity index (χ4v) is 2.76. The molecule has 0 bridgehead atoms. The van der Waals surface area contributed by atoms with Gasteiger partial charge >= 0.3 is 0 Å². The van der Waals surface area contributed by atoms with Gasteiger partial charge in [0.15, 0.2) is 0 Å². The molecule has 130 valence electrons. The Labute approximate surface area is 141 Å². The summed E-state index contributed by atoms with van der Waals surface area (Å²) in [6.07, 6.45) is 1.46. The minimum Gasteiger partial charge on any atom is -0.475 e. The first-order chi connectivity index (χ1) is 11.6. The molecule has 2 aliphatic rings. The summed E-state index contributed by atoms with van der Waals surface area (Å²) >= 11 is 0. The molecule has 0 saturated heterocycles. The third kappa shape index (κ3) is 2.91. The lowest BCUT2D eigenvalue weighted by atomic mass is 10.0. The molecule has 1 aromatic carbocycles. The van der Waals surface area contributed by atoms with Gasteiger partial charge in [0.05, 0.1) is 13.2 Å². The largest absolute Gasteiger partial charge is 0.475 e. The van der Waals surface area contributed by atoms with Crippen LogP contribution in [0, 0.1) is 0 Å². The topological polar surface area (TPSA) is 83.6 Å². The van der Waals surface area contributed by atoms with Crippen molar-refractivity contribution in [3.63, 3.8) is 0 Å². The Kier molecular flexibility index (Phi) is 4.60. The van der Waals surface area contributed by atoms with Gasteiger partial charge < -0.3 is 19.7 Å². The number of ether oxygens (including phenoxy) is 2. The third-order valence-corrected chi connectivity index (χ3v) is 4.92. The van der Waals surface area contributed by atoms with Crippen molar-refractivity contribution < 1.29 is 19.7 Å². The Balaban J connectivity index is 1.80. The van der Waals surface area contributed by atoms with Gasteiger partial charge in [0, 0.05) is 11.1 Å². The summed E-state index contributed by atoms with van der Waals surface area (Å²) in [6.45, 7) is 4.76. The minimum absolute atomic E-state index is 0.0179. The predicted molar refractivity (Wildman–Crippen MR) is 91.6 cm³/mol. The van der Waals surface area contributed by atoms with Gasteiger partial charge in [-0.1, -0.05) is 13.8 Å². The molecular weight excluding hydrogens is 308 g/mol. The van der Waals surface area contributed by atoms with Crippen LogP contribution in [0.2, 0.25) is 0 Å². The van der Waals surface area contributed by atoms with Crippen LogP contribution in [0.25, 0.3) is 0 Å². The maximum atomic E-state index is 9.52. The molecule has 0 saturated carbocycles. The van der Waals surface area contributed by atoms with E-state index in [2.05, 4.69) is 9.98 Å². The summed E-state index contributed by atoms with van der Waals surface area (Å²) in [4.78, 5) is 9.11. The second-order valence-corrected chi connectivity index (χ2v) is 6.46. The van der Waals surface area contributed by atoms with E-state index in [0.29, 0.717) is 25.0 Å². The van der Waals surface area contributed by atoms with Crippen LogP contribution in [0.1, 0.15) is 37.8 Å². The van der Waals surface area contributed by atoms with Crippen molar-refractivity contribution in [2.45, 2.75) is 37.8 Å². The van der Waals surface area contributed by atoms with Crippen LogP contribution in [-0.2, 0) is 9.47 Å². The van der Waals surface area contributed by atoms with Gasteiger partial charge in [0.2, 0.25) is 11.8 Å². The zero-order chi connectivity index (χ0) is 17.2. The van der Waals surface area contributed by atoms with Crippen molar-refractivity contribution in [1.82, 2.24) is 0 Å². The first kappa shape index (κ1) is 16.9. The van der Waals surface area contributed by atoms with Crippen LogP contribution in [0.3, 0.4) is 0 Å². The predicted octanol–water partition coefficient (Wildman–Crippen LogP) is 1.52. The van der Waals surface area contributed by atoms with Crippen molar-refractivity contribution in [1.29, 1.82) is 0 Å². The van der Waals surface area contributed by atoms with Gasteiger partial charge in [-0.25, -0.2) is 9.98 Å². The lowest BCUT2D eigenvalue weighted by Crippen LogP contribution is -2.31. The Hall–Kier alpha value is -1.92. The molecule has 0 aromatic heterocycles. The van der Waals surface area contributed by atoms with Gasteiger partial charge in [0.25, 0.3) is 0 Å². The molecule has 6 nitrogen and oxygen atoms in total. The lowest BCUT2D eigenvalue weighted by molar-refractivity contribution is 0.154. The van der Waals surface area contributed by atoms with Crippen molar-refractivity contribution in [2.75, 3.05) is 26.4 Å². The highest BCUT2D eigenvalue weighted by atomic mass is 16.5. The standard InChI is InChI=1S/C18H24N2O4/c1-3-17(9-21)11-23-15(19-17)13-5-7-14(8-6-13)16-20-18(4-2,10-22)12-24-16/h5-8,21-22H,3-4,9-12H2,1-2H3. The van der Waals surface area contributed by atoms with Crippen molar-refractivity contribution in [2.24, 2.45) is 9.98 Å². The Bertz CT molecular complexity index is 586. The molecule has 3 rings (SSSR count). The maximum Gasteiger partial charge on any atom is 0.216 e. The highest BCUT2D eigenvalue weighted by Gasteiger charge is 2.36. The molecule has 2 unspecified atom stereocenters. The zero-order valence-corrected chi connectivity index (χ0v) is 14.2. The van der Waals surface area contributed by atoms with E-state index in [4.69, 9.17) is 9.47 Å². The molecule has 2 heterocycles. The van der Waals surface area contributed by atoms with Gasteiger partial charge in [0.1, 0.15) is 24.3 Å². The smallest absolute Gasteiger partial charge is 0.216 e. The first-order valence-electron chi connectivity index (χ1n) is 8.37. The summed E-state index contributed by atoms with van der Waals surface area (Å²) in [5.41, 5.74) is 0.693. The average molecular weight is 332 g/mol. The fraction of sp³-hybridized carbons (Fsp3) is 0.556. The maximum absolute atomic E-state index is 9.52. The van der Waals surface area contributed by atoms with Gasteiger partial charge in [-0.05, 0) is 37.1 Å². The van der Waals surface area contributed by atoms with Gasteiger partial charge in [-0.2, -0.15) is 0 Å². The highest BCUT2D eigenvalue weighted by Crippen LogP contribution is 2.27. The van der Waals surface area contributed by atoms with E-state index in [1.807, 2.05) is 38.1 Å². The summed E-state index contributed by atoms with van der Waals surface area (Å²) in [7, 11) is 0. The van der Waals surface area contributed by atoms with Crippen LogP contribution < -0.4 is 0 Å². The number of aliphatic hydroxyl groups excluding tert-OH is 2. The number of nitrogens with zero attached hydrogens (tertiary/aromatic N) is 2. The number of aliphatic imine (C=N–C) groups is 2. The molecule has 0 aliphatic carbocycles. The molecule has 0 fully saturated rings. The molecule has 2 atom stereocenters. The molecule has 0 spiro atoms. The fourth-order valence-electron chi connectivity index (χ4n) is 2.76. The van der Waals surface area contributed by atoms with E-state index in [1.165, 1.54) is 0 Å². The number of rotatable bonds is 6. The quantitative estimate of drug-likeness (QED) is 0.827. The summed E-state index contributed by atoms with van der Waals surface area (Å²) < 4.78 is 11.3. The zero-order valence-electron chi connectivity index (χ0n) is 14.2. The van der Waals surface area contributed by atoms with E-state index >= 15 is 0 Å². The number of hydrogen-bond donors (Lipinski definition) is 2. The molecule has 2 N–H and O–H groups in total. The highest BCUT2D eigenvalue weighted by molar-refractivity contribution is 5.99. The van der Waals surface area contributed by atoms with Gasteiger partial charge in [-0.3, -0.25) is 0 Å². The van der Waals surface area contributed by atoms with E-state index in [1.54, 1.807) is 0 Å². The molecule has 2 aliphatic heterocycles. The van der Waals surface area contributed by atoms with Crippen LogP contribution in [0.4, 0.5) is 0 Å². The number of hydrogen-bond acceptors (Lipinski definition) is 6. The molecule has 0 amide bonds. The number of aliphatic hydroxyl groups is 2. The van der Waals surface area contributed by atoms with Crippen molar-refractivity contribution >= 4 is 11.8 Å². The van der Waals surface area contributed by atoms with E-state index < -0.39 is 11.1 Å². The first-order valence-corrected chi connectivity index (χ1v) is 8.37. The van der Waals surface area contributed by atoms with E-state index in [0.717, 1.165) is 24.0 Å². The summed E-state index contributed by atoms with van der Waals surface area (Å²) in [5.74, 6) is 1.12. The second-order valence-electron chi connectivity index (χ2n) is 6.46. The summed E-state index contributed by atoms with van der Waals surface area (Å²) in [6, 6.07) is 7.64. The van der Waals surface area contributed by atoms with Crippen LogP contribution >= 0.6 is 0 Å². The Morgan fingerprint density at radius 2 is 1.21 bits per heavy atom. The molecule has 0 radical (unpaired) electrons.